The van der Waals surface area contributed by atoms with E-state index in [-0.39, 0.29) is 24.7 Å². The lowest BCUT2D eigenvalue weighted by Crippen LogP contribution is -2.41. The number of carbonyl (C=O) groups is 1. The average molecular weight is 499 g/mol. The fourth-order valence-corrected chi connectivity index (χ4v) is 4.83. The minimum atomic E-state index is -3.39. The second-order valence-corrected chi connectivity index (χ2v) is 10.6. The van der Waals surface area contributed by atoms with Crippen LogP contribution in [-0.4, -0.2) is 79.9 Å². The zero-order valence-corrected chi connectivity index (χ0v) is 20.6. The van der Waals surface area contributed by atoms with E-state index in [9.17, 15) is 18.3 Å². The van der Waals surface area contributed by atoms with Crippen LogP contribution in [0, 0.1) is 0 Å². The van der Waals surface area contributed by atoms with Crippen LogP contribution in [0.15, 0.2) is 60.8 Å². The predicted molar refractivity (Wildman–Crippen MR) is 135 cm³/mol. The number of aliphatic hydroxyl groups excluding tert-OH is 1. The fraction of sp³-hybridized carbons (Fsp3) is 0.360. The molecule has 1 aliphatic rings. The van der Waals surface area contributed by atoms with E-state index in [4.69, 9.17) is 4.74 Å². The molecule has 2 heterocycles. The van der Waals surface area contributed by atoms with Gasteiger partial charge in [-0.25, -0.2) is 8.42 Å². The standard InChI is InChI=1S/C25H30N4O5S/c1-28(24(31)17-34-23-7-3-5-19-6-4-13-26-25(19)23)22(16-29-14-12-21(30)15-29)18-8-10-20(11-9-18)27-35(2,32)33/h3-11,13,21-22,27,30H,12,14-17H2,1-2H3/t21-,22+/m0/s1. The van der Waals surface area contributed by atoms with Crippen LogP contribution in [0.3, 0.4) is 0 Å². The summed E-state index contributed by atoms with van der Waals surface area (Å²) in [6.07, 6.45) is 3.10. The van der Waals surface area contributed by atoms with Crippen LogP contribution >= 0.6 is 0 Å². The molecule has 3 aromatic rings. The topological polar surface area (TPSA) is 112 Å². The smallest absolute Gasteiger partial charge is 0.260 e. The van der Waals surface area contributed by atoms with Gasteiger partial charge in [-0.2, -0.15) is 0 Å². The van der Waals surface area contributed by atoms with Gasteiger partial charge in [-0.1, -0.05) is 30.3 Å². The Balaban J connectivity index is 1.51. The number of anilines is 1. The summed E-state index contributed by atoms with van der Waals surface area (Å²) in [4.78, 5) is 21.3. The second kappa shape index (κ2) is 10.6. The number of ether oxygens (including phenoxy) is 1. The molecule has 186 valence electrons. The third-order valence-corrected chi connectivity index (χ3v) is 6.69. The normalized spacial score (nSPS) is 17.3. The van der Waals surface area contributed by atoms with Crippen LogP contribution < -0.4 is 9.46 Å². The molecule has 0 radical (unpaired) electrons. The van der Waals surface area contributed by atoms with Gasteiger partial charge in [-0.15, -0.1) is 0 Å². The van der Waals surface area contributed by atoms with Crippen molar-refractivity contribution in [1.29, 1.82) is 0 Å². The Hall–Kier alpha value is -3.21. The molecule has 0 unspecified atom stereocenters. The van der Waals surface area contributed by atoms with E-state index in [0.717, 1.165) is 23.8 Å². The highest BCUT2D eigenvalue weighted by molar-refractivity contribution is 7.92. The number of rotatable bonds is 9. The van der Waals surface area contributed by atoms with Crippen LogP contribution in [0.5, 0.6) is 5.75 Å². The lowest BCUT2D eigenvalue weighted by Gasteiger charge is -2.32. The maximum atomic E-state index is 13.2. The number of hydrogen-bond acceptors (Lipinski definition) is 7. The van der Waals surface area contributed by atoms with Gasteiger partial charge in [0, 0.05) is 44.0 Å². The number of sulfonamides is 1. The van der Waals surface area contributed by atoms with Gasteiger partial charge in [-0.05, 0) is 36.2 Å². The summed E-state index contributed by atoms with van der Waals surface area (Å²) >= 11 is 0. The Morgan fingerprint density at radius 3 is 2.66 bits per heavy atom. The van der Waals surface area contributed by atoms with Crippen molar-refractivity contribution >= 4 is 32.5 Å². The molecular formula is C25H30N4O5S. The van der Waals surface area contributed by atoms with E-state index in [1.807, 2.05) is 36.4 Å². The summed E-state index contributed by atoms with van der Waals surface area (Å²) in [7, 11) is -1.66. The Bertz CT molecular complexity index is 1280. The molecule has 0 bridgehead atoms. The first kappa shape index (κ1) is 24.9. The molecular weight excluding hydrogens is 468 g/mol. The molecule has 2 atom stereocenters. The van der Waals surface area contributed by atoms with Crippen molar-refractivity contribution < 1.29 is 23.1 Å². The highest BCUT2D eigenvalue weighted by Crippen LogP contribution is 2.26. The lowest BCUT2D eigenvalue weighted by molar-refractivity contribution is -0.134. The Labute approximate surface area is 205 Å². The number of aliphatic hydroxyl groups is 1. The Morgan fingerprint density at radius 2 is 1.97 bits per heavy atom. The lowest BCUT2D eigenvalue weighted by atomic mass is 10.0. The number of nitrogens with zero attached hydrogens (tertiary/aromatic N) is 3. The van der Waals surface area contributed by atoms with E-state index >= 15 is 0 Å². The van der Waals surface area contributed by atoms with Gasteiger partial charge < -0.3 is 14.7 Å². The molecule has 0 aliphatic carbocycles. The highest BCUT2D eigenvalue weighted by atomic mass is 32.2. The van der Waals surface area contributed by atoms with Gasteiger partial charge in [0.25, 0.3) is 5.91 Å². The summed E-state index contributed by atoms with van der Waals surface area (Å²) in [5, 5.41) is 10.9. The van der Waals surface area contributed by atoms with E-state index in [0.29, 0.717) is 36.5 Å². The van der Waals surface area contributed by atoms with Crippen LogP contribution in [0.4, 0.5) is 5.69 Å². The molecule has 9 nitrogen and oxygen atoms in total. The quantitative estimate of drug-likeness (QED) is 0.465. The van der Waals surface area contributed by atoms with Crippen molar-refractivity contribution in [2.24, 2.45) is 0 Å². The van der Waals surface area contributed by atoms with Crippen molar-refractivity contribution in [1.82, 2.24) is 14.8 Å². The highest BCUT2D eigenvalue weighted by Gasteiger charge is 2.28. The van der Waals surface area contributed by atoms with E-state index in [1.54, 1.807) is 36.3 Å². The number of aromatic nitrogens is 1. The number of hydrogen-bond donors (Lipinski definition) is 2. The molecule has 2 aromatic carbocycles. The summed E-state index contributed by atoms with van der Waals surface area (Å²) in [5.74, 6) is 0.335. The van der Waals surface area contributed by atoms with Crippen LogP contribution in [0.2, 0.25) is 0 Å². The number of likely N-dealkylation sites (tertiary alicyclic amines) is 1. The molecule has 1 aromatic heterocycles. The van der Waals surface area contributed by atoms with Crippen molar-refractivity contribution in [3.63, 3.8) is 0 Å². The molecule has 1 fully saturated rings. The van der Waals surface area contributed by atoms with E-state index in [2.05, 4.69) is 14.6 Å². The number of likely N-dealkylation sites (N-methyl/N-ethyl adjacent to an activating group) is 1. The SMILES string of the molecule is CN(C(=O)COc1cccc2cccnc12)[C@H](CN1CC[C@H](O)C1)c1ccc(NS(C)(=O)=O)cc1. The summed E-state index contributed by atoms with van der Waals surface area (Å²) in [6, 6.07) is 16.0. The van der Waals surface area contributed by atoms with Gasteiger partial charge in [0.2, 0.25) is 10.0 Å². The largest absolute Gasteiger partial charge is 0.481 e. The second-order valence-electron chi connectivity index (χ2n) is 8.84. The number of pyridine rings is 1. The number of amides is 1. The minimum absolute atomic E-state index is 0.154. The van der Waals surface area contributed by atoms with Crippen molar-refractivity contribution in [3.05, 3.63) is 66.4 Å². The number of carbonyl (C=O) groups excluding carboxylic acids is 1. The van der Waals surface area contributed by atoms with Crippen molar-refractivity contribution in [2.45, 2.75) is 18.6 Å². The summed E-state index contributed by atoms with van der Waals surface area (Å²) < 4.78 is 31.4. The molecule has 1 saturated heterocycles. The van der Waals surface area contributed by atoms with E-state index < -0.39 is 10.0 Å². The molecule has 1 amide bonds. The molecule has 2 N–H and O–H groups in total. The van der Waals surface area contributed by atoms with Crippen molar-refractivity contribution in [3.8, 4) is 5.75 Å². The van der Waals surface area contributed by atoms with Gasteiger partial charge in [0.05, 0.1) is 18.4 Å². The maximum Gasteiger partial charge on any atom is 0.260 e. The molecule has 0 spiro atoms. The average Bonchev–Trinajstić information content (AvgIpc) is 3.25. The number of β-amino-alcohol motifs (C(OH)–C–C–N with tert-alkyl or cyclic N) is 1. The van der Waals surface area contributed by atoms with Gasteiger partial charge in [-0.3, -0.25) is 19.4 Å². The van der Waals surface area contributed by atoms with Gasteiger partial charge >= 0.3 is 0 Å². The number of para-hydroxylation sites is 1. The third-order valence-electron chi connectivity index (χ3n) is 6.09. The van der Waals surface area contributed by atoms with Crippen LogP contribution in [-0.2, 0) is 14.8 Å². The Morgan fingerprint density at radius 1 is 1.23 bits per heavy atom. The zero-order chi connectivity index (χ0) is 25.0. The third kappa shape index (κ3) is 6.47. The summed E-state index contributed by atoms with van der Waals surface area (Å²) in [6.45, 7) is 1.67. The molecule has 35 heavy (non-hydrogen) atoms. The number of nitrogens with one attached hydrogen (secondary N) is 1. The number of fused-ring (bicyclic) bond motifs is 1. The molecule has 1 aliphatic heterocycles. The summed E-state index contributed by atoms with van der Waals surface area (Å²) in [5.41, 5.74) is 2.00. The molecule has 4 rings (SSSR count). The number of benzene rings is 2. The first-order valence-electron chi connectivity index (χ1n) is 11.4. The van der Waals surface area contributed by atoms with Gasteiger partial charge in [0.1, 0.15) is 11.3 Å². The molecule has 0 saturated carbocycles. The van der Waals surface area contributed by atoms with E-state index in [1.165, 1.54) is 0 Å². The predicted octanol–water partition coefficient (Wildman–Crippen LogP) is 2.25. The van der Waals surface area contributed by atoms with Crippen molar-refractivity contribution in [2.75, 3.05) is 44.3 Å². The zero-order valence-electron chi connectivity index (χ0n) is 19.8. The minimum Gasteiger partial charge on any atom is -0.481 e. The van der Waals surface area contributed by atoms with Crippen LogP contribution in [0.1, 0.15) is 18.0 Å². The molecule has 10 heteroatoms. The van der Waals surface area contributed by atoms with Crippen LogP contribution in [0.25, 0.3) is 10.9 Å². The van der Waals surface area contributed by atoms with Gasteiger partial charge in [0.15, 0.2) is 6.61 Å². The first-order valence-corrected chi connectivity index (χ1v) is 13.3. The maximum absolute atomic E-state index is 13.2. The fourth-order valence-electron chi connectivity index (χ4n) is 4.27. The first-order chi connectivity index (χ1) is 16.7. The monoisotopic (exact) mass is 498 g/mol. The Kier molecular flexibility index (Phi) is 7.54.